The van der Waals surface area contributed by atoms with Crippen molar-refractivity contribution < 1.29 is 9.53 Å². The van der Waals surface area contributed by atoms with Crippen LogP contribution in [-0.4, -0.2) is 37.2 Å². The van der Waals surface area contributed by atoms with Crippen molar-refractivity contribution >= 4 is 17.4 Å². The third kappa shape index (κ3) is 3.46. The van der Waals surface area contributed by atoms with Gasteiger partial charge in [0.05, 0.1) is 7.11 Å². The van der Waals surface area contributed by atoms with Crippen molar-refractivity contribution in [3.8, 4) is 0 Å². The lowest BCUT2D eigenvalue weighted by atomic mass is 10.1. The molecule has 0 aliphatic carbocycles. The van der Waals surface area contributed by atoms with Crippen LogP contribution in [-0.2, 0) is 11.3 Å². The van der Waals surface area contributed by atoms with Crippen LogP contribution in [0.3, 0.4) is 0 Å². The van der Waals surface area contributed by atoms with E-state index in [1.165, 1.54) is 16.9 Å². The fraction of sp³-hybridized carbons (Fsp3) is 0.615. The molecule has 0 radical (unpaired) electrons. The molecule has 0 bridgehead atoms. The van der Waals surface area contributed by atoms with Gasteiger partial charge >= 0.3 is 6.09 Å². The summed E-state index contributed by atoms with van der Waals surface area (Å²) in [6.45, 7) is 4.63. The molecule has 0 spiro atoms. The SMILES string of the molecule is COC(=O)N1CCC(NCc2ccc(C)s2)CC1. The summed E-state index contributed by atoms with van der Waals surface area (Å²) in [5.74, 6) is 0. The number of nitrogens with one attached hydrogen (secondary N) is 1. The van der Waals surface area contributed by atoms with Crippen molar-refractivity contribution in [3.05, 3.63) is 21.9 Å². The van der Waals surface area contributed by atoms with E-state index in [9.17, 15) is 4.79 Å². The fourth-order valence-electron chi connectivity index (χ4n) is 2.22. The molecule has 0 unspecified atom stereocenters. The maximum atomic E-state index is 11.3. The van der Waals surface area contributed by atoms with E-state index in [2.05, 4.69) is 24.4 Å². The van der Waals surface area contributed by atoms with Crippen LogP contribution in [0.4, 0.5) is 4.79 Å². The molecular weight excluding hydrogens is 248 g/mol. The molecule has 18 heavy (non-hydrogen) atoms. The second-order valence-corrected chi connectivity index (χ2v) is 6.00. The molecule has 0 atom stereocenters. The number of ether oxygens (including phenoxy) is 1. The highest BCUT2D eigenvalue weighted by Gasteiger charge is 2.22. The van der Waals surface area contributed by atoms with Crippen LogP contribution >= 0.6 is 11.3 Å². The van der Waals surface area contributed by atoms with Crippen LogP contribution < -0.4 is 5.32 Å². The predicted molar refractivity (Wildman–Crippen MR) is 72.9 cm³/mol. The fourth-order valence-corrected chi connectivity index (χ4v) is 3.06. The number of carbonyl (C=O) groups excluding carboxylic acids is 1. The minimum atomic E-state index is -0.206. The number of nitrogens with zero attached hydrogens (tertiary/aromatic N) is 1. The van der Waals surface area contributed by atoms with Gasteiger partial charge in [-0.25, -0.2) is 4.79 Å². The second-order valence-electron chi connectivity index (χ2n) is 4.62. The molecule has 2 heterocycles. The topological polar surface area (TPSA) is 41.6 Å². The Bertz CT molecular complexity index is 397. The number of methoxy groups -OCH3 is 1. The van der Waals surface area contributed by atoms with E-state index < -0.39 is 0 Å². The number of aryl methyl sites for hydroxylation is 1. The summed E-state index contributed by atoms with van der Waals surface area (Å²) in [5.41, 5.74) is 0. The quantitative estimate of drug-likeness (QED) is 0.915. The van der Waals surface area contributed by atoms with Gasteiger partial charge in [-0.2, -0.15) is 0 Å². The normalized spacial score (nSPS) is 16.9. The molecule has 0 aromatic carbocycles. The van der Waals surface area contributed by atoms with Gasteiger partial charge in [-0.1, -0.05) is 0 Å². The number of thiophene rings is 1. The minimum Gasteiger partial charge on any atom is -0.453 e. The van der Waals surface area contributed by atoms with Crippen LogP contribution in [0, 0.1) is 6.92 Å². The molecule has 1 saturated heterocycles. The smallest absolute Gasteiger partial charge is 0.409 e. The van der Waals surface area contributed by atoms with Crippen molar-refractivity contribution in [3.63, 3.8) is 0 Å². The van der Waals surface area contributed by atoms with Gasteiger partial charge in [-0.05, 0) is 31.9 Å². The summed E-state index contributed by atoms with van der Waals surface area (Å²) >= 11 is 1.84. The molecule has 4 nitrogen and oxygen atoms in total. The zero-order valence-electron chi connectivity index (χ0n) is 10.9. The zero-order chi connectivity index (χ0) is 13.0. The van der Waals surface area contributed by atoms with Crippen LogP contribution in [0.15, 0.2) is 12.1 Å². The first-order valence-electron chi connectivity index (χ1n) is 6.30. The van der Waals surface area contributed by atoms with E-state index in [4.69, 9.17) is 4.74 Å². The van der Waals surface area contributed by atoms with Crippen molar-refractivity contribution in [1.82, 2.24) is 10.2 Å². The Morgan fingerprint density at radius 3 is 2.78 bits per heavy atom. The molecule has 100 valence electrons. The molecule has 1 aliphatic rings. The highest BCUT2D eigenvalue weighted by molar-refractivity contribution is 7.11. The van der Waals surface area contributed by atoms with Crippen molar-refractivity contribution in [2.45, 2.75) is 32.4 Å². The minimum absolute atomic E-state index is 0.206. The summed E-state index contributed by atoms with van der Waals surface area (Å²) in [4.78, 5) is 15.8. The molecule has 1 aromatic rings. The Balaban J connectivity index is 1.72. The third-order valence-electron chi connectivity index (χ3n) is 3.29. The zero-order valence-corrected chi connectivity index (χ0v) is 11.8. The van der Waals surface area contributed by atoms with E-state index in [-0.39, 0.29) is 6.09 Å². The Morgan fingerprint density at radius 2 is 2.22 bits per heavy atom. The van der Waals surface area contributed by atoms with Gasteiger partial charge in [0.15, 0.2) is 0 Å². The lowest BCUT2D eigenvalue weighted by Crippen LogP contribution is -2.44. The molecule has 0 saturated carbocycles. The maximum Gasteiger partial charge on any atom is 0.409 e. The summed E-state index contributed by atoms with van der Waals surface area (Å²) in [5, 5.41) is 3.56. The average Bonchev–Trinajstić information content (AvgIpc) is 2.82. The molecular formula is C13H20N2O2S. The first-order chi connectivity index (χ1) is 8.69. The molecule has 5 heteroatoms. The van der Waals surface area contributed by atoms with Gasteiger partial charge in [0.1, 0.15) is 0 Å². The number of rotatable bonds is 3. The predicted octanol–water partition coefficient (Wildman–Crippen LogP) is 2.38. The first-order valence-corrected chi connectivity index (χ1v) is 7.12. The third-order valence-corrected chi connectivity index (χ3v) is 4.29. The number of hydrogen-bond acceptors (Lipinski definition) is 4. The van der Waals surface area contributed by atoms with Gasteiger partial charge in [0.25, 0.3) is 0 Å². The summed E-state index contributed by atoms with van der Waals surface area (Å²) in [6, 6.07) is 4.84. The number of likely N-dealkylation sites (tertiary alicyclic amines) is 1. The van der Waals surface area contributed by atoms with E-state index in [1.54, 1.807) is 4.90 Å². The first kappa shape index (κ1) is 13.4. The standard InChI is InChI=1S/C13H20N2O2S/c1-10-3-4-12(18-10)9-14-11-5-7-15(8-6-11)13(16)17-2/h3-4,11,14H,5-9H2,1-2H3. The molecule has 1 aliphatic heterocycles. The van der Waals surface area contributed by atoms with E-state index in [0.29, 0.717) is 6.04 Å². The lowest BCUT2D eigenvalue weighted by Gasteiger charge is -2.31. The maximum absolute atomic E-state index is 11.3. The number of carbonyl (C=O) groups is 1. The van der Waals surface area contributed by atoms with Crippen LogP contribution in [0.1, 0.15) is 22.6 Å². The number of hydrogen-bond donors (Lipinski definition) is 1. The molecule has 1 N–H and O–H groups in total. The molecule has 1 amide bonds. The van der Waals surface area contributed by atoms with Gasteiger partial charge in [0, 0.05) is 35.4 Å². The molecule has 1 aromatic heterocycles. The lowest BCUT2D eigenvalue weighted by molar-refractivity contribution is 0.110. The van der Waals surface area contributed by atoms with Crippen molar-refractivity contribution in [1.29, 1.82) is 0 Å². The molecule has 1 fully saturated rings. The van der Waals surface area contributed by atoms with Crippen LogP contribution in [0.25, 0.3) is 0 Å². The van der Waals surface area contributed by atoms with Gasteiger partial charge in [-0.15, -0.1) is 11.3 Å². The van der Waals surface area contributed by atoms with E-state index >= 15 is 0 Å². The number of amides is 1. The summed E-state index contributed by atoms with van der Waals surface area (Å²) in [7, 11) is 1.44. The Labute approximate surface area is 112 Å². The highest BCUT2D eigenvalue weighted by Crippen LogP contribution is 2.16. The second kappa shape index (κ2) is 6.20. The Hall–Kier alpha value is -1.07. The van der Waals surface area contributed by atoms with E-state index in [0.717, 1.165) is 32.5 Å². The Kier molecular flexibility index (Phi) is 4.60. The summed E-state index contributed by atoms with van der Waals surface area (Å²) < 4.78 is 4.73. The van der Waals surface area contributed by atoms with Crippen LogP contribution in [0.5, 0.6) is 0 Å². The largest absolute Gasteiger partial charge is 0.453 e. The molecule has 2 rings (SSSR count). The highest BCUT2D eigenvalue weighted by atomic mass is 32.1. The Morgan fingerprint density at radius 1 is 1.50 bits per heavy atom. The monoisotopic (exact) mass is 268 g/mol. The van der Waals surface area contributed by atoms with Crippen LogP contribution in [0.2, 0.25) is 0 Å². The van der Waals surface area contributed by atoms with E-state index in [1.807, 2.05) is 11.3 Å². The van der Waals surface area contributed by atoms with Gasteiger partial charge in [-0.3, -0.25) is 0 Å². The average molecular weight is 268 g/mol. The van der Waals surface area contributed by atoms with Crippen molar-refractivity contribution in [2.75, 3.05) is 20.2 Å². The van der Waals surface area contributed by atoms with Gasteiger partial charge < -0.3 is 15.0 Å². The van der Waals surface area contributed by atoms with Gasteiger partial charge in [0.2, 0.25) is 0 Å². The number of piperidine rings is 1. The summed E-state index contributed by atoms with van der Waals surface area (Å²) in [6.07, 6.45) is 1.79. The van der Waals surface area contributed by atoms with Crippen molar-refractivity contribution in [2.24, 2.45) is 0 Å².